The first-order valence-electron chi connectivity index (χ1n) is 9.29. The Hall–Kier alpha value is -2.37. The van der Waals surface area contributed by atoms with Gasteiger partial charge in [-0.3, -0.25) is 4.79 Å². The molecule has 1 aliphatic heterocycles. The maximum absolute atomic E-state index is 12.7. The van der Waals surface area contributed by atoms with Crippen molar-refractivity contribution in [1.29, 1.82) is 0 Å². The maximum Gasteiger partial charge on any atom is 0.275 e. The molecule has 1 saturated heterocycles. The number of rotatable bonds is 6. The average molecular weight is 355 g/mol. The highest BCUT2D eigenvalue weighted by Gasteiger charge is 2.24. The van der Waals surface area contributed by atoms with Gasteiger partial charge in [0.15, 0.2) is 6.54 Å². The van der Waals surface area contributed by atoms with Crippen molar-refractivity contribution in [2.45, 2.75) is 6.04 Å². The second kappa shape index (κ2) is 8.83. The van der Waals surface area contributed by atoms with Crippen molar-refractivity contribution in [3.8, 4) is 5.75 Å². The highest BCUT2D eigenvalue weighted by atomic mass is 16.5. The second-order valence-electron chi connectivity index (χ2n) is 7.07. The van der Waals surface area contributed by atoms with Gasteiger partial charge in [0, 0.05) is 0 Å². The smallest absolute Gasteiger partial charge is 0.275 e. The van der Waals surface area contributed by atoms with Crippen LogP contribution < -0.4 is 19.9 Å². The molecule has 1 fully saturated rings. The molecular formula is C21H29N3O2+2. The Labute approximate surface area is 155 Å². The van der Waals surface area contributed by atoms with E-state index in [1.54, 1.807) is 12.0 Å². The van der Waals surface area contributed by atoms with E-state index in [1.165, 1.54) is 4.90 Å². The van der Waals surface area contributed by atoms with Gasteiger partial charge < -0.3 is 19.9 Å². The number of quaternary nitrogens is 2. The van der Waals surface area contributed by atoms with E-state index in [1.807, 2.05) is 42.5 Å². The highest BCUT2D eigenvalue weighted by molar-refractivity contribution is 5.78. The van der Waals surface area contributed by atoms with Gasteiger partial charge in [-0.05, 0) is 23.3 Å². The standard InChI is InChI=1S/C21H27N3O2/c1-23-12-14-24(15-13-23)16-20(25)22-21(17-6-4-3-5-7-17)18-8-10-19(26-2)11-9-18/h3-11,21H,12-16H2,1-2H3,(H,22,25)/p+2/t21-/m0/s1. The number of ether oxygens (including phenoxy) is 1. The van der Waals surface area contributed by atoms with Gasteiger partial charge >= 0.3 is 0 Å². The van der Waals surface area contributed by atoms with Gasteiger partial charge in [0.05, 0.1) is 20.2 Å². The summed E-state index contributed by atoms with van der Waals surface area (Å²) in [6.07, 6.45) is 0. The van der Waals surface area contributed by atoms with E-state index in [9.17, 15) is 4.79 Å². The number of carbonyl (C=O) groups excluding carboxylic acids is 1. The number of benzene rings is 2. The molecular weight excluding hydrogens is 326 g/mol. The lowest BCUT2D eigenvalue weighted by Crippen LogP contribution is -3.27. The number of carbonyl (C=O) groups is 1. The minimum atomic E-state index is -0.146. The summed E-state index contributed by atoms with van der Waals surface area (Å²) in [5.74, 6) is 0.917. The van der Waals surface area contributed by atoms with Gasteiger partial charge in [-0.25, -0.2) is 0 Å². The van der Waals surface area contributed by atoms with Crippen LogP contribution in [0, 0.1) is 0 Å². The van der Waals surface area contributed by atoms with Crippen LogP contribution in [0.2, 0.25) is 0 Å². The predicted octanol–water partition coefficient (Wildman–Crippen LogP) is -0.686. The lowest BCUT2D eigenvalue weighted by Gasteiger charge is -2.27. The molecule has 1 amide bonds. The van der Waals surface area contributed by atoms with E-state index in [2.05, 4.69) is 24.5 Å². The Morgan fingerprint density at radius 3 is 2.23 bits per heavy atom. The summed E-state index contributed by atoms with van der Waals surface area (Å²) in [4.78, 5) is 15.6. The first-order chi connectivity index (χ1) is 12.7. The van der Waals surface area contributed by atoms with E-state index in [-0.39, 0.29) is 11.9 Å². The summed E-state index contributed by atoms with van der Waals surface area (Å²) in [7, 11) is 3.87. The van der Waals surface area contributed by atoms with E-state index >= 15 is 0 Å². The Morgan fingerprint density at radius 1 is 1.00 bits per heavy atom. The molecule has 3 rings (SSSR count). The fourth-order valence-electron chi connectivity index (χ4n) is 3.45. The summed E-state index contributed by atoms with van der Waals surface area (Å²) in [5.41, 5.74) is 2.15. The van der Waals surface area contributed by atoms with Gasteiger partial charge in [-0.15, -0.1) is 0 Å². The Morgan fingerprint density at radius 2 is 1.62 bits per heavy atom. The maximum atomic E-state index is 12.7. The van der Waals surface area contributed by atoms with Crippen LogP contribution >= 0.6 is 0 Å². The zero-order valence-corrected chi connectivity index (χ0v) is 15.6. The molecule has 0 radical (unpaired) electrons. The van der Waals surface area contributed by atoms with Gasteiger partial charge in [0.25, 0.3) is 5.91 Å². The van der Waals surface area contributed by atoms with Gasteiger partial charge in [0.2, 0.25) is 0 Å². The molecule has 0 saturated carbocycles. The molecule has 5 nitrogen and oxygen atoms in total. The molecule has 0 spiro atoms. The molecule has 2 aromatic carbocycles. The van der Waals surface area contributed by atoms with Crippen LogP contribution in [0.15, 0.2) is 54.6 Å². The van der Waals surface area contributed by atoms with Crippen molar-refractivity contribution < 1.29 is 19.3 Å². The van der Waals surface area contributed by atoms with Crippen LogP contribution in [0.3, 0.4) is 0 Å². The number of amides is 1. The van der Waals surface area contributed by atoms with Crippen molar-refractivity contribution in [2.75, 3.05) is 46.9 Å². The molecule has 0 bridgehead atoms. The minimum Gasteiger partial charge on any atom is -0.497 e. The molecule has 1 aliphatic rings. The topological polar surface area (TPSA) is 47.2 Å². The number of likely N-dealkylation sites (N-methyl/N-ethyl adjacent to an activating group) is 1. The van der Waals surface area contributed by atoms with Gasteiger partial charge in [-0.1, -0.05) is 42.5 Å². The monoisotopic (exact) mass is 355 g/mol. The van der Waals surface area contributed by atoms with Crippen LogP contribution in [-0.2, 0) is 4.79 Å². The number of nitrogens with one attached hydrogen (secondary N) is 3. The minimum absolute atomic E-state index is 0.101. The van der Waals surface area contributed by atoms with Crippen molar-refractivity contribution in [1.82, 2.24) is 5.32 Å². The Bertz CT molecular complexity index is 695. The number of piperazine rings is 1. The fraction of sp³-hybridized carbons (Fsp3) is 0.381. The van der Waals surface area contributed by atoms with Crippen molar-refractivity contribution in [3.63, 3.8) is 0 Å². The van der Waals surface area contributed by atoms with Crippen LogP contribution in [0.5, 0.6) is 5.75 Å². The molecule has 0 unspecified atom stereocenters. The zero-order valence-electron chi connectivity index (χ0n) is 15.6. The normalized spacial score (nSPS) is 21.0. The largest absolute Gasteiger partial charge is 0.497 e. The SMILES string of the molecule is COc1ccc([C@@H](NC(=O)C[NH+]2CC[NH+](C)CC2)c2ccccc2)cc1. The summed E-state index contributed by atoms with van der Waals surface area (Å²) >= 11 is 0. The molecule has 138 valence electrons. The second-order valence-corrected chi connectivity index (χ2v) is 7.07. The van der Waals surface area contributed by atoms with E-state index in [0.29, 0.717) is 6.54 Å². The third kappa shape index (κ3) is 4.84. The zero-order chi connectivity index (χ0) is 18.4. The van der Waals surface area contributed by atoms with E-state index in [0.717, 1.165) is 43.1 Å². The molecule has 26 heavy (non-hydrogen) atoms. The third-order valence-electron chi connectivity index (χ3n) is 5.11. The van der Waals surface area contributed by atoms with E-state index in [4.69, 9.17) is 4.74 Å². The van der Waals surface area contributed by atoms with Crippen LogP contribution in [0.4, 0.5) is 0 Å². The molecule has 2 aromatic rings. The average Bonchev–Trinajstić information content (AvgIpc) is 2.69. The van der Waals surface area contributed by atoms with Crippen LogP contribution in [0.25, 0.3) is 0 Å². The quantitative estimate of drug-likeness (QED) is 0.643. The molecule has 1 heterocycles. The Kier molecular flexibility index (Phi) is 6.26. The van der Waals surface area contributed by atoms with Crippen LogP contribution in [0.1, 0.15) is 17.2 Å². The summed E-state index contributed by atoms with van der Waals surface area (Å²) in [6.45, 7) is 4.90. The molecule has 0 aromatic heterocycles. The lowest BCUT2D eigenvalue weighted by atomic mass is 9.98. The van der Waals surface area contributed by atoms with Crippen molar-refractivity contribution >= 4 is 5.91 Å². The number of methoxy groups -OCH3 is 1. The molecule has 0 aliphatic carbocycles. The first-order valence-corrected chi connectivity index (χ1v) is 9.29. The predicted molar refractivity (Wildman–Crippen MR) is 102 cm³/mol. The molecule has 1 atom stereocenters. The van der Waals surface area contributed by atoms with Crippen molar-refractivity contribution in [2.24, 2.45) is 0 Å². The summed E-state index contributed by atoms with van der Waals surface area (Å²) in [5, 5.41) is 3.24. The summed E-state index contributed by atoms with van der Waals surface area (Å²) < 4.78 is 5.25. The number of hydrogen-bond donors (Lipinski definition) is 3. The number of hydrogen-bond acceptors (Lipinski definition) is 2. The first kappa shape index (κ1) is 18.4. The lowest BCUT2D eigenvalue weighted by molar-refractivity contribution is -1.000. The Balaban J connectivity index is 1.72. The highest BCUT2D eigenvalue weighted by Crippen LogP contribution is 2.23. The van der Waals surface area contributed by atoms with Gasteiger partial charge in [0.1, 0.15) is 31.9 Å². The van der Waals surface area contributed by atoms with E-state index < -0.39 is 0 Å². The van der Waals surface area contributed by atoms with Crippen molar-refractivity contribution in [3.05, 3.63) is 65.7 Å². The third-order valence-corrected chi connectivity index (χ3v) is 5.11. The fourth-order valence-corrected chi connectivity index (χ4v) is 3.45. The van der Waals surface area contributed by atoms with Gasteiger partial charge in [-0.2, -0.15) is 0 Å². The van der Waals surface area contributed by atoms with Crippen LogP contribution in [-0.4, -0.2) is 52.8 Å². The molecule has 3 N–H and O–H groups in total. The molecule has 5 heteroatoms. The summed E-state index contributed by atoms with van der Waals surface area (Å²) in [6, 6.07) is 17.9.